The summed E-state index contributed by atoms with van der Waals surface area (Å²) in [6.07, 6.45) is 0. The maximum Gasteiger partial charge on any atom is 0.264 e. The highest BCUT2D eigenvalue weighted by Gasteiger charge is 2.23. The maximum atomic E-state index is 12.1. The van der Waals surface area contributed by atoms with Crippen molar-refractivity contribution in [3.63, 3.8) is 0 Å². The van der Waals surface area contributed by atoms with Gasteiger partial charge in [-0.25, -0.2) is 0 Å². The molecule has 0 atom stereocenters. The van der Waals surface area contributed by atoms with E-state index in [1.54, 1.807) is 28.2 Å². The number of piperazine rings is 1. The van der Waals surface area contributed by atoms with Gasteiger partial charge in [-0.2, -0.15) is 0 Å². The number of hydrogen-bond donors (Lipinski definition) is 0. The average molecular weight is 273 g/mol. The lowest BCUT2D eigenvalue weighted by Gasteiger charge is -2.33. The fourth-order valence-electron chi connectivity index (χ4n) is 1.81. The van der Waals surface area contributed by atoms with Crippen molar-refractivity contribution in [2.45, 2.75) is 6.92 Å². The zero-order valence-electron chi connectivity index (χ0n) is 9.48. The van der Waals surface area contributed by atoms with Gasteiger partial charge < -0.3 is 9.80 Å². The van der Waals surface area contributed by atoms with Crippen molar-refractivity contribution in [3.05, 3.63) is 21.3 Å². The van der Waals surface area contributed by atoms with Gasteiger partial charge in [-0.15, -0.1) is 11.3 Å². The lowest BCUT2D eigenvalue weighted by Crippen LogP contribution is -2.49. The minimum absolute atomic E-state index is 0.00472. The summed E-state index contributed by atoms with van der Waals surface area (Å²) in [5.41, 5.74) is 0. The Hall–Kier alpha value is -1.07. The molecule has 1 aliphatic heterocycles. The molecule has 1 saturated heterocycles. The molecule has 0 saturated carbocycles. The Labute approximate surface area is 109 Å². The van der Waals surface area contributed by atoms with E-state index in [1.165, 1.54) is 11.3 Å². The molecular weight excluding hydrogens is 260 g/mol. The second-order valence-corrected chi connectivity index (χ2v) is 5.28. The number of rotatable bonds is 1. The molecule has 1 fully saturated rings. The Morgan fingerprint density at radius 1 is 1.24 bits per heavy atom. The van der Waals surface area contributed by atoms with E-state index in [1.807, 2.05) is 0 Å². The first-order valence-corrected chi connectivity index (χ1v) is 6.62. The van der Waals surface area contributed by atoms with Crippen molar-refractivity contribution in [2.24, 2.45) is 0 Å². The third-order valence-corrected chi connectivity index (χ3v) is 4.06. The number of amides is 2. The molecule has 6 heteroatoms. The van der Waals surface area contributed by atoms with E-state index in [4.69, 9.17) is 11.6 Å². The van der Waals surface area contributed by atoms with E-state index < -0.39 is 0 Å². The first kappa shape index (κ1) is 12.4. The van der Waals surface area contributed by atoms with Crippen LogP contribution in [0.15, 0.2) is 11.4 Å². The highest BCUT2D eigenvalue weighted by atomic mass is 35.5. The third kappa shape index (κ3) is 2.79. The topological polar surface area (TPSA) is 40.6 Å². The normalized spacial score (nSPS) is 16.1. The number of thiophene rings is 1. The van der Waals surface area contributed by atoms with E-state index >= 15 is 0 Å². The molecule has 2 heterocycles. The van der Waals surface area contributed by atoms with Gasteiger partial charge in [0.1, 0.15) is 0 Å². The molecule has 1 aromatic rings. The molecule has 0 unspecified atom stereocenters. The summed E-state index contributed by atoms with van der Waals surface area (Å²) in [5, 5.41) is 2.35. The van der Waals surface area contributed by atoms with Crippen LogP contribution in [0.1, 0.15) is 16.6 Å². The predicted octanol–water partition coefficient (Wildman–Crippen LogP) is 1.71. The van der Waals surface area contributed by atoms with Crippen LogP contribution in [0.3, 0.4) is 0 Å². The quantitative estimate of drug-likeness (QED) is 0.781. The van der Waals surface area contributed by atoms with E-state index in [0.717, 1.165) is 0 Å². The van der Waals surface area contributed by atoms with Crippen LogP contribution in [0.5, 0.6) is 0 Å². The van der Waals surface area contributed by atoms with Crippen LogP contribution >= 0.6 is 22.9 Å². The average Bonchev–Trinajstić information content (AvgIpc) is 2.75. The van der Waals surface area contributed by atoms with Gasteiger partial charge in [-0.3, -0.25) is 9.59 Å². The van der Waals surface area contributed by atoms with E-state index in [2.05, 4.69) is 0 Å². The molecule has 0 aromatic carbocycles. The van der Waals surface area contributed by atoms with E-state index in [9.17, 15) is 9.59 Å². The van der Waals surface area contributed by atoms with Gasteiger partial charge >= 0.3 is 0 Å². The molecule has 1 aliphatic rings. The summed E-state index contributed by atoms with van der Waals surface area (Å²) < 4.78 is 0. The van der Waals surface area contributed by atoms with Crippen LogP contribution in [0.2, 0.25) is 5.02 Å². The minimum atomic E-state index is 0.00472. The van der Waals surface area contributed by atoms with Gasteiger partial charge in [0.05, 0.1) is 9.90 Å². The maximum absolute atomic E-state index is 12.1. The predicted molar refractivity (Wildman–Crippen MR) is 67.5 cm³/mol. The number of halogens is 1. The molecule has 0 N–H and O–H groups in total. The monoisotopic (exact) mass is 272 g/mol. The van der Waals surface area contributed by atoms with Crippen LogP contribution in [0.4, 0.5) is 0 Å². The zero-order chi connectivity index (χ0) is 12.4. The fourth-order valence-corrected chi connectivity index (χ4v) is 2.85. The van der Waals surface area contributed by atoms with Gasteiger partial charge in [0.2, 0.25) is 5.91 Å². The van der Waals surface area contributed by atoms with Gasteiger partial charge in [0.15, 0.2) is 0 Å². The molecule has 0 bridgehead atoms. The lowest BCUT2D eigenvalue weighted by molar-refractivity contribution is -0.130. The molecule has 0 radical (unpaired) electrons. The van der Waals surface area contributed by atoms with Crippen molar-refractivity contribution in [3.8, 4) is 0 Å². The van der Waals surface area contributed by atoms with Crippen molar-refractivity contribution in [1.29, 1.82) is 0 Å². The smallest absolute Gasteiger partial charge is 0.264 e. The van der Waals surface area contributed by atoms with Gasteiger partial charge in [0, 0.05) is 38.5 Å². The van der Waals surface area contributed by atoms with E-state index in [0.29, 0.717) is 36.1 Å². The van der Waals surface area contributed by atoms with Crippen LogP contribution in [-0.4, -0.2) is 47.8 Å². The zero-order valence-corrected chi connectivity index (χ0v) is 11.1. The molecule has 4 nitrogen and oxygen atoms in total. The number of hydrogen-bond acceptors (Lipinski definition) is 3. The van der Waals surface area contributed by atoms with Crippen molar-refractivity contribution >= 4 is 34.8 Å². The van der Waals surface area contributed by atoms with Crippen LogP contribution in [0.25, 0.3) is 0 Å². The highest BCUT2D eigenvalue weighted by molar-refractivity contribution is 7.12. The highest BCUT2D eigenvalue weighted by Crippen LogP contribution is 2.21. The molecule has 0 aliphatic carbocycles. The summed E-state index contributed by atoms with van der Waals surface area (Å²) in [4.78, 5) is 27.4. The summed E-state index contributed by atoms with van der Waals surface area (Å²) in [7, 11) is 0. The molecule has 1 aromatic heterocycles. The van der Waals surface area contributed by atoms with Crippen molar-refractivity contribution in [1.82, 2.24) is 9.80 Å². The number of nitrogens with zero attached hydrogens (tertiary/aromatic N) is 2. The largest absolute Gasteiger partial charge is 0.339 e. The summed E-state index contributed by atoms with van der Waals surface area (Å²) >= 11 is 7.15. The molecule has 92 valence electrons. The molecular formula is C11H13ClN2O2S. The summed E-state index contributed by atoms with van der Waals surface area (Å²) in [6.45, 7) is 3.96. The second-order valence-electron chi connectivity index (χ2n) is 3.93. The molecule has 2 amide bonds. The van der Waals surface area contributed by atoms with Gasteiger partial charge in [-0.05, 0) is 6.07 Å². The standard InChI is InChI=1S/C11H13ClN2O2S/c1-8(15)13-2-4-14(5-3-13)11(16)10-6-9(12)7-17-10/h6-7H,2-5H2,1H3. The molecule has 0 spiro atoms. The summed E-state index contributed by atoms with van der Waals surface area (Å²) in [5.74, 6) is 0.0707. The Morgan fingerprint density at radius 2 is 1.82 bits per heavy atom. The Balaban J connectivity index is 1.97. The molecule has 17 heavy (non-hydrogen) atoms. The Bertz CT molecular complexity index is 438. The Morgan fingerprint density at radius 3 is 2.29 bits per heavy atom. The van der Waals surface area contributed by atoms with E-state index in [-0.39, 0.29) is 11.8 Å². The summed E-state index contributed by atoms with van der Waals surface area (Å²) in [6, 6.07) is 1.69. The SMILES string of the molecule is CC(=O)N1CCN(C(=O)c2cc(Cl)cs2)CC1. The second kappa shape index (κ2) is 5.06. The first-order valence-electron chi connectivity index (χ1n) is 5.37. The lowest BCUT2D eigenvalue weighted by atomic mass is 10.3. The van der Waals surface area contributed by atoms with Gasteiger partial charge in [-0.1, -0.05) is 11.6 Å². The van der Waals surface area contributed by atoms with Crippen LogP contribution in [-0.2, 0) is 4.79 Å². The molecule has 2 rings (SSSR count). The van der Waals surface area contributed by atoms with Crippen molar-refractivity contribution in [2.75, 3.05) is 26.2 Å². The minimum Gasteiger partial charge on any atom is -0.339 e. The third-order valence-electron chi connectivity index (χ3n) is 2.79. The van der Waals surface area contributed by atoms with Crippen molar-refractivity contribution < 1.29 is 9.59 Å². The first-order chi connectivity index (χ1) is 8.08. The fraction of sp³-hybridized carbons (Fsp3) is 0.455. The van der Waals surface area contributed by atoms with Crippen LogP contribution < -0.4 is 0 Å². The van der Waals surface area contributed by atoms with Crippen LogP contribution in [0, 0.1) is 0 Å². The van der Waals surface area contributed by atoms with Gasteiger partial charge in [0.25, 0.3) is 5.91 Å². The number of carbonyl (C=O) groups is 2. The number of carbonyl (C=O) groups excluding carboxylic acids is 2. The Kier molecular flexibility index (Phi) is 3.69.